The normalized spacial score (nSPS) is 12.2. The lowest BCUT2D eigenvalue weighted by atomic mass is 10.0. The molecule has 0 bridgehead atoms. The highest BCUT2D eigenvalue weighted by Crippen LogP contribution is 2.41. The van der Waals surface area contributed by atoms with Crippen molar-refractivity contribution in [3.8, 4) is 33.6 Å². The molecule has 0 aliphatic carbocycles. The Morgan fingerprint density at radius 3 is 1.51 bits per heavy atom. The van der Waals surface area contributed by atoms with E-state index in [4.69, 9.17) is 4.42 Å². The van der Waals surface area contributed by atoms with Crippen LogP contribution in [0.25, 0.3) is 119 Å². The quantitative estimate of drug-likeness (QED) is 0.112. The number of pyridine rings is 1. The number of furan rings is 1. The third-order valence-corrected chi connectivity index (χ3v) is 22.4. The molecule has 6 heteroatoms. The molecule has 0 aliphatic heterocycles. The molecule has 0 fully saturated rings. The van der Waals surface area contributed by atoms with Crippen LogP contribution in [0.3, 0.4) is 0 Å². The molecule has 0 unspecified atom stereocenters. The van der Waals surface area contributed by atoms with Gasteiger partial charge in [-0.25, -0.2) is 0 Å². The molecule has 0 saturated heterocycles. The summed E-state index contributed by atoms with van der Waals surface area (Å²) >= 11 is 1.91. The lowest BCUT2D eigenvalue weighted by Crippen LogP contribution is -2.74. The Bertz CT molecular complexity index is 4660. The van der Waals surface area contributed by atoms with E-state index in [1.165, 1.54) is 90.3 Å². The molecule has 16 rings (SSSR count). The first kappa shape index (κ1) is 43.8. The van der Waals surface area contributed by atoms with Crippen LogP contribution in [-0.2, 0) is 0 Å². The fourth-order valence-corrected chi connectivity index (χ4v) is 19.4. The van der Waals surface area contributed by atoms with Crippen molar-refractivity contribution in [1.29, 1.82) is 0 Å². The topological polar surface area (TPSA) is 35.9 Å². The maximum atomic E-state index is 7.27. The zero-order valence-electron chi connectivity index (χ0n) is 41.6. The summed E-state index contributed by atoms with van der Waals surface area (Å²) in [7, 11) is -3.17. The molecule has 16 aromatic rings. The Hall–Kier alpha value is -9.59. The van der Waals surface area contributed by atoms with Crippen molar-refractivity contribution >= 4 is 126 Å². The Morgan fingerprint density at radius 1 is 0.351 bits per heavy atom. The van der Waals surface area contributed by atoms with E-state index in [0.29, 0.717) is 0 Å². The van der Waals surface area contributed by atoms with Gasteiger partial charge in [0.15, 0.2) is 8.07 Å². The largest absolute Gasteiger partial charge is 0.456 e. The molecule has 5 heterocycles. The van der Waals surface area contributed by atoms with Crippen molar-refractivity contribution in [3.05, 3.63) is 273 Å². The molecule has 5 aromatic heterocycles. The summed E-state index contributed by atoms with van der Waals surface area (Å²) in [6, 6.07) is 96.2. The van der Waals surface area contributed by atoms with Gasteiger partial charge >= 0.3 is 0 Å². The molecule has 4 nitrogen and oxygen atoms in total. The number of benzene rings is 11. The maximum absolute atomic E-state index is 7.27. The average molecular weight is 1020 g/mol. The number of fused-ring (bicyclic) bond motifs is 12. The SMILES string of the molecule is c1ccc(-n2c3ccccc3c3cc(-c4ccc5oc6c([Si](c7ccccc7)(c7ccccc7)c7cccc8c7sc7ccc(-c9ccc%10c(c9)c9cnccc9n%10-c9ccccc9)cc78)cccc6c5c4)ccc32)cc1. The van der Waals surface area contributed by atoms with E-state index in [1.807, 2.05) is 23.7 Å². The Labute approximate surface area is 448 Å². The lowest BCUT2D eigenvalue weighted by Gasteiger charge is -2.34. The summed E-state index contributed by atoms with van der Waals surface area (Å²) in [6.07, 6.45) is 3.89. The van der Waals surface area contributed by atoms with Gasteiger partial charge in [-0.05, 0) is 128 Å². The van der Waals surface area contributed by atoms with E-state index >= 15 is 0 Å². The number of rotatable bonds is 8. The van der Waals surface area contributed by atoms with E-state index in [1.54, 1.807) is 0 Å². The number of hydrogen-bond acceptors (Lipinski definition) is 3. The van der Waals surface area contributed by atoms with E-state index in [9.17, 15) is 0 Å². The van der Waals surface area contributed by atoms with Gasteiger partial charge in [0, 0.05) is 76.3 Å². The lowest BCUT2D eigenvalue weighted by molar-refractivity contribution is 0.671. The van der Waals surface area contributed by atoms with E-state index in [0.717, 1.165) is 49.8 Å². The zero-order valence-corrected chi connectivity index (χ0v) is 43.5. The number of para-hydroxylation sites is 4. The van der Waals surface area contributed by atoms with Gasteiger partial charge in [-0.3, -0.25) is 4.98 Å². The molecular weight excluding hydrogens is 971 g/mol. The third-order valence-electron chi connectivity index (χ3n) is 16.1. The smallest absolute Gasteiger partial charge is 0.185 e. The first-order chi connectivity index (χ1) is 38.2. The van der Waals surface area contributed by atoms with Crippen molar-refractivity contribution < 1.29 is 4.42 Å². The summed E-state index contributed by atoms with van der Waals surface area (Å²) in [4.78, 5) is 4.59. The van der Waals surface area contributed by atoms with Gasteiger partial charge in [0.05, 0.1) is 22.1 Å². The van der Waals surface area contributed by atoms with Crippen molar-refractivity contribution in [3.63, 3.8) is 0 Å². The van der Waals surface area contributed by atoms with Gasteiger partial charge in [-0.15, -0.1) is 11.3 Å². The highest BCUT2D eigenvalue weighted by Gasteiger charge is 2.45. The second-order valence-corrected chi connectivity index (χ2v) is 25.0. The molecule has 0 aliphatic rings. The number of thiophene rings is 1. The monoisotopic (exact) mass is 1020 g/mol. The van der Waals surface area contributed by atoms with Crippen LogP contribution in [0.15, 0.2) is 278 Å². The van der Waals surface area contributed by atoms with Gasteiger partial charge < -0.3 is 13.6 Å². The minimum absolute atomic E-state index is 0.883. The Balaban J connectivity index is 0.878. The first-order valence-electron chi connectivity index (χ1n) is 26.2. The first-order valence-corrected chi connectivity index (χ1v) is 29.1. The van der Waals surface area contributed by atoms with Crippen LogP contribution >= 0.6 is 11.3 Å². The minimum atomic E-state index is -3.17. The predicted octanol–water partition coefficient (Wildman–Crippen LogP) is 16.3. The van der Waals surface area contributed by atoms with E-state index in [2.05, 4.69) is 275 Å². The van der Waals surface area contributed by atoms with Gasteiger partial charge in [-0.2, -0.15) is 0 Å². The highest BCUT2D eigenvalue weighted by molar-refractivity contribution is 7.31. The molecular formula is C71H45N3OSSi. The summed E-state index contributed by atoms with van der Waals surface area (Å²) in [6.45, 7) is 0. The Kier molecular flexibility index (Phi) is 9.79. The predicted molar refractivity (Wildman–Crippen MR) is 328 cm³/mol. The molecule has 360 valence electrons. The molecule has 0 N–H and O–H groups in total. The fraction of sp³-hybridized carbons (Fsp3) is 0. The van der Waals surface area contributed by atoms with Crippen LogP contribution < -0.4 is 20.7 Å². The molecule has 0 atom stereocenters. The molecule has 0 amide bonds. The number of nitrogens with zero attached hydrogens (tertiary/aromatic N) is 3. The van der Waals surface area contributed by atoms with Crippen LogP contribution in [0, 0.1) is 0 Å². The van der Waals surface area contributed by atoms with Crippen molar-refractivity contribution in [2.24, 2.45) is 0 Å². The summed E-state index contributed by atoms with van der Waals surface area (Å²) in [5.41, 5.74) is 13.5. The summed E-state index contributed by atoms with van der Waals surface area (Å²) < 4.78 is 14.6. The molecule has 0 radical (unpaired) electrons. The maximum Gasteiger partial charge on any atom is 0.185 e. The third kappa shape index (κ3) is 6.59. The van der Waals surface area contributed by atoms with Crippen LogP contribution in [0.1, 0.15) is 0 Å². The van der Waals surface area contributed by atoms with Gasteiger partial charge in [-0.1, -0.05) is 176 Å². The van der Waals surface area contributed by atoms with E-state index in [-0.39, 0.29) is 0 Å². The highest BCUT2D eigenvalue weighted by atomic mass is 32.1. The summed E-state index contributed by atoms with van der Waals surface area (Å²) in [5, 5.41) is 14.8. The van der Waals surface area contributed by atoms with Crippen LogP contribution in [0.4, 0.5) is 0 Å². The Morgan fingerprint density at radius 2 is 0.844 bits per heavy atom. The van der Waals surface area contributed by atoms with Crippen molar-refractivity contribution in [2.75, 3.05) is 0 Å². The van der Waals surface area contributed by atoms with Gasteiger partial charge in [0.2, 0.25) is 0 Å². The van der Waals surface area contributed by atoms with Crippen molar-refractivity contribution in [1.82, 2.24) is 14.1 Å². The average Bonchev–Trinajstić information content (AvgIpc) is 4.48. The second kappa shape index (κ2) is 17.2. The van der Waals surface area contributed by atoms with Crippen LogP contribution in [0.2, 0.25) is 0 Å². The van der Waals surface area contributed by atoms with Gasteiger partial charge in [0.25, 0.3) is 0 Å². The molecule has 0 spiro atoms. The second-order valence-electron chi connectivity index (χ2n) is 20.2. The molecule has 11 aromatic carbocycles. The fourth-order valence-electron chi connectivity index (χ4n) is 12.8. The molecule has 0 saturated carbocycles. The summed E-state index contributed by atoms with van der Waals surface area (Å²) in [5.74, 6) is 0. The van der Waals surface area contributed by atoms with Gasteiger partial charge in [0.1, 0.15) is 11.2 Å². The number of aromatic nitrogens is 3. The van der Waals surface area contributed by atoms with Crippen LogP contribution in [0.5, 0.6) is 0 Å². The minimum Gasteiger partial charge on any atom is -0.456 e. The molecule has 77 heavy (non-hydrogen) atoms. The number of hydrogen-bond donors (Lipinski definition) is 0. The van der Waals surface area contributed by atoms with E-state index < -0.39 is 8.07 Å². The standard InChI is InChI=1S/C71H45N3OSSi/c1-5-17-50(18-6-1)73-62-28-14-13-25-54(62)57-41-46(31-35-63(57)73)48-33-37-66-59(43-48)55-26-15-29-68(70(55)75-66)77(52-21-9-3-10-22-52,53-23-11-4-12-24-53)69-30-16-27-56-60-44-49(34-38-67(60)76-71(56)69)47-32-36-64-58(42-47)61-45-72-40-39-65(61)74(64)51-19-7-2-8-20-51/h1-45H. The van der Waals surface area contributed by atoms with Crippen molar-refractivity contribution in [2.45, 2.75) is 0 Å². The van der Waals surface area contributed by atoms with Crippen LogP contribution in [-0.4, -0.2) is 22.2 Å². The zero-order chi connectivity index (χ0) is 50.6.